The highest BCUT2D eigenvalue weighted by Gasteiger charge is 2.36. The van der Waals surface area contributed by atoms with Crippen LogP contribution in [0.3, 0.4) is 0 Å². The van der Waals surface area contributed by atoms with Gasteiger partial charge in [0.05, 0.1) is 6.42 Å². The Morgan fingerprint density at radius 2 is 2.00 bits per heavy atom. The van der Waals surface area contributed by atoms with Crippen molar-refractivity contribution in [3.05, 3.63) is 0 Å². The Balaban J connectivity index is 4.09. The lowest BCUT2D eigenvalue weighted by atomic mass is 10.2. The van der Waals surface area contributed by atoms with Crippen LogP contribution in [0.4, 0.5) is 13.2 Å². The first-order valence-electron chi connectivity index (χ1n) is 5.43. The largest absolute Gasteiger partial charge is 0.480 e. The minimum atomic E-state index is -4.64. The summed E-state index contributed by atoms with van der Waals surface area (Å²) < 4.78 is 41.0. The van der Waals surface area contributed by atoms with E-state index in [1.165, 1.54) is 0 Å². The van der Waals surface area contributed by atoms with E-state index in [0.29, 0.717) is 19.6 Å². The van der Waals surface area contributed by atoms with Gasteiger partial charge in [-0.2, -0.15) is 13.2 Å². The van der Waals surface area contributed by atoms with Gasteiger partial charge in [-0.3, -0.25) is 4.79 Å². The van der Waals surface area contributed by atoms with Crippen LogP contribution in [0.25, 0.3) is 0 Å². The van der Waals surface area contributed by atoms with Crippen LogP contribution in [0.15, 0.2) is 0 Å². The van der Waals surface area contributed by atoms with Gasteiger partial charge in [-0.15, -0.1) is 0 Å². The van der Waals surface area contributed by atoms with Crippen LogP contribution in [0, 0.1) is 0 Å². The molecule has 2 N–H and O–H groups in total. The molecule has 0 aliphatic carbocycles. The highest BCUT2D eigenvalue weighted by atomic mass is 19.4. The monoisotopic (exact) mass is 271 g/mol. The molecule has 0 aromatic rings. The number of carboxylic acids is 1. The summed E-state index contributed by atoms with van der Waals surface area (Å²) in [4.78, 5) is 21.8. The van der Waals surface area contributed by atoms with E-state index in [-0.39, 0.29) is 6.42 Å². The quantitative estimate of drug-likeness (QED) is 0.653. The van der Waals surface area contributed by atoms with Crippen LogP contribution in [-0.2, 0) is 14.3 Å². The SMILES string of the molecule is CCOCCCC(=O)NC(CC(F)(F)F)C(=O)O. The third kappa shape index (κ3) is 8.80. The van der Waals surface area contributed by atoms with Crippen LogP contribution in [0.2, 0.25) is 0 Å². The van der Waals surface area contributed by atoms with Crippen molar-refractivity contribution in [1.29, 1.82) is 0 Å². The third-order valence-electron chi connectivity index (χ3n) is 1.97. The molecule has 8 heteroatoms. The van der Waals surface area contributed by atoms with E-state index in [4.69, 9.17) is 9.84 Å². The summed E-state index contributed by atoms with van der Waals surface area (Å²) in [6, 6.07) is -1.94. The molecule has 1 atom stereocenters. The van der Waals surface area contributed by atoms with Crippen LogP contribution >= 0.6 is 0 Å². The molecule has 5 nitrogen and oxygen atoms in total. The fraction of sp³-hybridized carbons (Fsp3) is 0.800. The van der Waals surface area contributed by atoms with Crippen LogP contribution in [-0.4, -0.2) is 42.4 Å². The van der Waals surface area contributed by atoms with Gasteiger partial charge < -0.3 is 15.2 Å². The van der Waals surface area contributed by atoms with Crippen molar-refractivity contribution < 1.29 is 32.6 Å². The predicted molar refractivity (Wildman–Crippen MR) is 56.0 cm³/mol. The lowest BCUT2D eigenvalue weighted by molar-refractivity contribution is -0.160. The van der Waals surface area contributed by atoms with Crippen molar-refractivity contribution >= 4 is 11.9 Å². The minimum absolute atomic E-state index is 0.0678. The smallest absolute Gasteiger partial charge is 0.391 e. The average Bonchev–Trinajstić information content (AvgIpc) is 2.21. The van der Waals surface area contributed by atoms with Gasteiger partial charge >= 0.3 is 12.1 Å². The number of carbonyl (C=O) groups is 2. The predicted octanol–water partition coefficient (Wildman–Crippen LogP) is 1.32. The Hall–Kier alpha value is -1.31. The van der Waals surface area contributed by atoms with E-state index >= 15 is 0 Å². The van der Waals surface area contributed by atoms with Crippen molar-refractivity contribution in [3.63, 3.8) is 0 Å². The molecule has 0 radical (unpaired) electrons. The fourth-order valence-corrected chi connectivity index (χ4v) is 1.18. The fourth-order valence-electron chi connectivity index (χ4n) is 1.18. The van der Waals surface area contributed by atoms with E-state index in [1.807, 2.05) is 5.32 Å². The molecule has 0 aromatic heterocycles. The highest BCUT2D eigenvalue weighted by molar-refractivity contribution is 5.83. The second-order valence-corrected chi connectivity index (χ2v) is 3.58. The van der Waals surface area contributed by atoms with Crippen molar-refractivity contribution in [2.75, 3.05) is 13.2 Å². The number of carboxylic acid groups (broad SMARTS) is 1. The number of hydrogen-bond donors (Lipinski definition) is 2. The molecule has 1 amide bonds. The summed E-state index contributed by atoms with van der Waals surface area (Å²) >= 11 is 0. The van der Waals surface area contributed by atoms with Gasteiger partial charge in [0.25, 0.3) is 0 Å². The van der Waals surface area contributed by atoms with Crippen LogP contribution in [0.5, 0.6) is 0 Å². The number of hydrogen-bond acceptors (Lipinski definition) is 3. The molecule has 0 bridgehead atoms. The number of aliphatic carboxylic acids is 1. The summed E-state index contributed by atoms with van der Waals surface area (Å²) in [5, 5.41) is 10.4. The lowest BCUT2D eigenvalue weighted by Crippen LogP contribution is -2.43. The zero-order valence-electron chi connectivity index (χ0n) is 9.92. The van der Waals surface area contributed by atoms with E-state index < -0.39 is 30.5 Å². The van der Waals surface area contributed by atoms with Gasteiger partial charge in [0.15, 0.2) is 0 Å². The van der Waals surface area contributed by atoms with Gasteiger partial charge in [-0.05, 0) is 13.3 Å². The molecule has 0 saturated carbocycles. The zero-order chi connectivity index (χ0) is 14.2. The summed E-state index contributed by atoms with van der Waals surface area (Å²) in [6.07, 6.45) is -5.96. The number of carbonyl (C=O) groups excluding carboxylic acids is 1. The summed E-state index contributed by atoms with van der Waals surface area (Å²) in [7, 11) is 0. The molecule has 1 unspecified atom stereocenters. The molecule has 0 aliphatic heterocycles. The van der Waals surface area contributed by atoms with E-state index in [1.54, 1.807) is 6.92 Å². The first kappa shape index (κ1) is 16.7. The second-order valence-electron chi connectivity index (χ2n) is 3.58. The van der Waals surface area contributed by atoms with Gasteiger partial charge in [0.2, 0.25) is 5.91 Å². The normalized spacial score (nSPS) is 13.1. The van der Waals surface area contributed by atoms with Crippen molar-refractivity contribution in [3.8, 4) is 0 Å². The molecule has 0 rings (SSSR count). The molecule has 0 aliphatic rings. The number of halogens is 3. The maximum atomic E-state index is 12.0. The summed E-state index contributed by atoms with van der Waals surface area (Å²) in [5.41, 5.74) is 0. The summed E-state index contributed by atoms with van der Waals surface area (Å²) in [5.74, 6) is -2.43. The molecular formula is C10H16F3NO4. The molecule has 106 valence electrons. The van der Waals surface area contributed by atoms with Crippen LogP contribution < -0.4 is 5.32 Å². The van der Waals surface area contributed by atoms with E-state index in [0.717, 1.165) is 0 Å². The summed E-state index contributed by atoms with van der Waals surface area (Å²) in [6.45, 7) is 2.55. The molecule has 0 aromatic carbocycles. The average molecular weight is 271 g/mol. The van der Waals surface area contributed by atoms with E-state index in [9.17, 15) is 22.8 Å². The number of amides is 1. The van der Waals surface area contributed by atoms with E-state index in [2.05, 4.69) is 0 Å². The van der Waals surface area contributed by atoms with Crippen molar-refractivity contribution in [2.24, 2.45) is 0 Å². The molecule has 0 heterocycles. The van der Waals surface area contributed by atoms with Gasteiger partial charge in [0, 0.05) is 19.6 Å². The Morgan fingerprint density at radius 1 is 1.39 bits per heavy atom. The Morgan fingerprint density at radius 3 is 2.44 bits per heavy atom. The standard InChI is InChI=1S/C10H16F3NO4/c1-2-18-5-3-4-8(15)14-7(9(16)17)6-10(11,12)13/h7H,2-6H2,1H3,(H,14,15)(H,16,17). The molecular weight excluding hydrogens is 255 g/mol. The molecule has 0 spiro atoms. The Kier molecular flexibility index (Phi) is 7.33. The van der Waals surface area contributed by atoms with Crippen molar-refractivity contribution in [1.82, 2.24) is 5.32 Å². The number of alkyl halides is 3. The maximum Gasteiger partial charge on any atom is 0.391 e. The highest BCUT2D eigenvalue weighted by Crippen LogP contribution is 2.21. The number of ether oxygens (including phenoxy) is 1. The molecule has 0 fully saturated rings. The Labute approximate surface area is 102 Å². The second kappa shape index (κ2) is 7.91. The molecule has 0 saturated heterocycles. The first-order valence-corrected chi connectivity index (χ1v) is 5.43. The topological polar surface area (TPSA) is 75.6 Å². The zero-order valence-corrected chi connectivity index (χ0v) is 9.92. The van der Waals surface area contributed by atoms with Gasteiger partial charge in [-0.25, -0.2) is 4.79 Å². The first-order chi connectivity index (χ1) is 8.26. The lowest BCUT2D eigenvalue weighted by Gasteiger charge is -2.16. The molecule has 18 heavy (non-hydrogen) atoms. The maximum absolute atomic E-state index is 12.0. The van der Waals surface area contributed by atoms with Gasteiger partial charge in [0.1, 0.15) is 6.04 Å². The number of rotatable bonds is 8. The minimum Gasteiger partial charge on any atom is -0.480 e. The van der Waals surface area contributed by atoms with Crippen molar-refractivity contribution in [2.45, 2.75) is 38.4 Å². The van der Waals surface area contributed by atoms with Crippen LogP contribution in [0.1, 0.15) is 26.2 Å². The number of nitrogens with one attached hydrogen (secondary N) is 1. The Bertz CT molecular complexity index is 281. The third-order valence-corrected chi connectivity index (χ3v) is 1.97. The van der Waals surface area contributed by atoms with Gasteiger partial charge in [-0.1, -0.05) is 0 Å².